The van der Waals surface area contributed by atoms with E-state index in [-0.39, 0.29) is 10.9 Å². The second-order valence-corrected chi connectivity index (χ2v) is 17.0. The lowest BCUT2D eigenvalue weighted by atomic mass is 10.1. The van der Waals surface area contributed by atoms with Crippen molar-refractivity contribution in [3.05, 3.63) is 24.3 Å². The standard InChI is InChI=1S/C41H83NS/c1-6-8-10-12-14-16-18-20-22-24-26-28-30-32-34-36-38-43(41(3)40-42(4)5)39-37-35-33-31-29-27-25-23-21-19-17-15-13-11-9-7-2/h20-23,41,43H,6-19,24-40H2,1-5H3/b22-20-,23-21-. The minimum Gasteiger partial charge on any atom is -0.308 e. The molecular weight excluding hydrogens is 539 g/mol. The SMILES string of the molecule is CCCCCCCC/C=C\CCCCCCCC[SH](CCCCCCCC/C=C\CCCCCCCC)C(C)CN(C)C. The van der Waals surface area contributed by atoms with E-state index in [9.17, 15) is 0 Å². The molecule has 0 amide bonds. The molecule has 0 rings (SSSR count). The first kappa shape index (κ1) is 42.8. The summed E-state index contributed by atoms with van der Waals surface area (Å²) in [5.74, 6) is 3.05. The third-order valence-corrected chi connectivity index (χ3v) is 12.4. The molecule has 2 heteroatoms. The largest absolute Gasteiger partial charge is 0.308 e. The van der Waals surface area contributed by atoms with Crippen molar-refractivity contribution in [2.24, 2.45) is 0 Å². The van der Waals surface area contributed by atoms with Crippen molar-refractivity contribution in [1.29, 1.82) is 0 Å². The molecule has 0 saturated carbocycles. The quantitative estimate of drug-likeness (QED) is 0.0418. The van der Waals surface area contributed by atoms with E-state index in [1.165, 1.54) is 198 Å². The Hall–Kier alpha value is -0.210. The second-order valence-electron chi connectivity index (χ2n) is 14.0. The molecule has 0 bridgehead atoms. The Morgan fingerprint density at radius 3 is 1.00 bits per heavy atom. The highest BCUT2D eigenvalue weighted by Gasteiger charge is 2.13. The summed E-state index contributed by atoms with van der Waals surface area (Å²) in [5.41, 5.74) is 0. The van der Waals surface area contributed by atoms with Gasteiger partial charge < -0.3 is 4.90 Å². The normalized spacial score (nSPS) is 13.2. The molecule has 43 heavy (non-hydrogen) atoms. The Kier molecular flexibility index (Phi) is 36.1. The van der Waals surface area contributed by atoms with Gasteiger partial charge in [-0.3, -0.25) is 0 Å². The van der Waals surface area contributed by atoms with Crippen molar-refractivity contribution in [2.45, 2.75) is 206 Å². The molecule has 0 aromatic rings. The van der Waals surface area contributed by atoms with Gasteiger partial charge in [0, 0.05) is 6.54 Å². The van der Waals surface area contributed by atoms with E-state index in [1.807, 2.05) is 0 Å². The van der Waals surface area contributed by atoms with Gasteiger partial charge in [0.25, 0.3) is 0 Å². The molecule has 0 fully saturated rings. The van der Waals surface area contributed by atoms with E-state index in [2.05, 4.69) is 64.1 Å². The second kappa shape index (κ2) is 36.3. The number of nitrogens with zero attached hydrogens (tertiary/aromatic N) is 1. The fourth-order valence-corrected chi connectivity index (χ4v) is 9.24. The monoisotopic (exact) mass is 622 g/mol. The van der Waals surface area contributed by atoms with Crippen molar-refractivity contribution in [1.82, 2.24) is 4.90 Å². The zero-order chi connectivity index (χ0) is 31.5. The summed E-state index contributed by atoms with van der Waals surface area (Å²) in [6.07, 6.45) is 49.4. The number of hydrogen-bond acceptors (Lipinski definition) is 1. The van der Waals surface area contributed by atoms with E-state index in [1.54, 1.807) is 0 Å². The van der Waals surface area contributed by atoms with Gasteiger partial charge in [-0.1, -0.05) is 161 Å². The molecular formula is C41H83NS. The first-order chi connectivity index (χ1) is 21.1. The molecule has 0 saturated heterocycles. The van der Waals surface area contributed by atoms with Crippen molar-refractivity contribution in [2.75, 3.05) is 32.1 Å². The lowest BCUT2D eigenvalue weighted by molar-refractivity contribution is 0.412. The summed E-state index contributed by atoms with van der Waals surface area (Å²) < 4.78 is 0. The summed E-state index contributed by atoms with van der Waals surface area (Å²) in [4.78, 5) is 2.42. The van der Waals surface area contributed by atoms with Gasteiger partial charge in [0.2, 0.25) is 0 Å². The van der Waals surface area contributed by atoms with Gasteiger partial charge in [-0.15, -0.1) is 0 Å². The zero-order valence-electron chi connectivity index (χ0n) is 30.7. The lowest BCUT2D eigenvalue weighted by Crippen LogP contribution is -2.25. The highest BCUT2D eigenvalue weighted by Crippen LogP contribution is 2.35. The molecule has 0 aromatic heterocycles. The third-order valence-electron chi connectivity index (χ3n) is 9.17. The minimum atomic E-state index is 0.200. The fourth-order valence-electron chi connectivity index (χ4n) is 6.32. The smallest absolute Gasteiger partial charge is 0.00754 e. The topological polar surface area (TPSA) is 3.24 Å². The Balaban J connectivity index is 3.76. The maximum Gasteiger partial charge on any atom is 0.00754 e. The summed E-state index contributed by atoms with van der Waals surface area (Å²) >= 11 is 0. The van der Waals surface area contributed by atoms with Crippen LogP contribution in [0.25, 0.3) is 0 Å². The van der Waals surface area contributed by atoms with E-state index in [0.717, 1.165) is 5.25 Å². The van der Waals surface area contributed by atoms with Crippen molar-refractivity contribution in [3.8, 4) is 0 Å². The molecule has 0 aromatic carbocycles. The van der Waals surface area contributed by atoms with Gasteiger partial charge in [-0.25, -0.2) is 10.9 Å². The van der Waals surface area contributed by atoms with E-state index in [4.69, 9.17) is 0 Å². The molecule has 0 aliphatic rings. The van der Waals surface area contributed by atoms with Crippen molar-refractivity contribution < 1.29 is 0 Å². The molecule has 0 aliphatic heterocycles. The molecule has 1 atom stereocenters. The Morgan fingerprint density at radius 2 is 0.698 bits per heavy atom. The Labute approximate surface area is 277 Å². The van der Waals surface area contributed by atoms with Crippen LogP contribution >= 0.6 is 10.9 Å². The number of rotatable bonds is 35. The first-order valence-corrected chi connectivity index (χ1v) is 21.6. The Bertz CT molecular complexity index is 526. The third kappa shape index (κ3) is 34.5. The van der Waals surface area contributed by atoms with Gasteiger partial charge in [0.05, 0.1) is 0 Å². The van der Waals surface area contributed by atoms with Crippen LogP contribution in [0.1, 0.15) is 201 Å². The number of allylic oxidation sites excluding steroid dienone is 4. The summed E-state index contributed by atoms with van der Waals surface area (Å²) in [7, 11) is 4.72. The van der Waals surface area contributed by atoms with Crippen LogP contribution in [0.4, 0.5) is 0 Å². The fraction of sp³-hybridized carbons (Fsp3) is 0.902. The van der Waals surface area contributed by atoms with Crippen LogP contribution in [0.15, 0.2) is 24.3 Å². The van der Waals surface area contributed by atoms with E-state index < -0.39 is 0 Å². The molecule has 0 radical (unpaired) electrons. The minimum absolute atomic E-state index is 0.200. The zero-order valence-corrected chi connectivity index (χ0v) is 31.6. The van der Waals surface area contributed by atoms with Gasteiger partial charge in [-0.05, 0) is 95.1 Å². The molecule has 1 unspecified atom stereocenters. The molecule has 0 spiro atoms. The van der Waals surface area contributed by atoms with Gasteiger partial charge in [0.1, 0.15) is 0 Å². The van der Waals surface area contributed by atoms with Crippen LogP contribution in [0.3, 0.4) is 0 Å². The molecule has 1 nitrogen and oxygen atoms in total. The molecule has 0 N–H and O–H groups in total. The number of thiol groups is 1. The van der Waals surface area contributed by atoms with Gasteiger partial charge in [-0.2, -0.15) is 0 Å². The maximum absolute atomic E-state index is 2.55. The Morgan fingerprint density at radius 1 is 0.419 bits per heavy atom. The predicted octanol–water partition coefficient (Wildman–Crippen LogP) is 14.0. The van der Waals surface area contributed by atoms with E-state index in [0.29, 0.717) is 0 Å². The van der Waals surface area contributed by atoms with Gasteiger partial charge in [0.15, 0.2) is 0 Å². The average molecular weight is 622 g/mol. The summed E-state index contributed by atoms with van der Waals surface area (Å²) in [6.45, 7) is 8.43. The summed E-state index contributed by atoms with van der Waals surface area (Å²) in [5, 5.41) is 0.899. The highest BCUT2D eigenvalue weighted by atomic mass is 32.2. The van der Waals surface area contributed by atoms with E-state index >= 15 is 0 Å². The summed E-state index contributed by atoms with van der Waals surface area (Å²) in [6, 6.07) is 0. The van der Waals surface area contributed by atoms with Crippen LogP contribution in [0, 0.1) is 0 Å². The van der Waals surface area contributed by atoms with Crippen LogP contribution in [0.5, 0.6) is 0 Å². The number of hydrogen-bond donors (Lipinski definition) is 1. The molecule has 0 aliphatic carbocycles. The first-order valence-electron chi connectivity index (χ1n) is 19.8. The number of unbranched alkanes of at least 4 members (excludes halogenated alkanes) is 24. The van der Waals surface area contributed by atoms with Crippen LogP contribution in [-0.4, -0.2) is 42.3 Å². The molecule has 0 heterocycles. The maximum atomic E-state index is 2.55. The highest BCUT2D eigenvalue weighted by molar-refractivity contribution is 8.17. The van der Waals surface area contributed by atoms with Gasteiger partial charge >= 0.3 is 0 Å². The van der Waals surface area contributed by atoms with Crippen LogP contribution in [0.2, 0.25) is 0 Å². The average Bonchev–Trinajstić information content (AvgIpc) is 2.99. The van der Waals surface area contributed by atoms with Crippen LogP contribution in [-0.2, 0) is 0 Å². The lowest BCUT2D eigenvalue weighted by Gasteiger charge is -2.31. The van der Waals surface area contributed by atoms with Crippen molar-refractivity contribution >= 4 is 10.9 Å². The predicted molar refractivity (Wildman–Crippen MR) is 206 cm³/mol. The molecule has 258 valence electrons. The van der Waals surface area contributed by atoms with Crippen molar-refractivity contribution in [3.63, 3.8) is 0 Å². The van der Waals surface area contributed by atoms with Crippen LogP contribution < -0.4 is 0 Å².